The number of hydrogen-bond donors (Lipinski definition) is 0. The van der Waals surface area contributed by atoms with Crippen LogP contribution < -0.4 is 0 Å². The second-order valence-corrected chi connectivity index (χ2v) is 4.86. The molecule has 0 aliphatic rings. The molecule has 4 nitrogen and oxygen atoms in total. The molecule has 0 spiro atoms. The molecule has 0 amide bonds. The van der Waals surface area contributed by atoms with Crippen LogP contribution in [0.25, 0.3) is 5.69 Å². The summed E-state index contributed by atoms with van der Waals surface area (Å²) in [5, 5.41) is 7.92. The number of Topliss-reactive ketones (excluding diaryl/α,β-unsaturated/α-hetero) is 1. The van der Waals surface area contributed by atoms with Crippen LogP contribution in [-0.2, 0) is 0 Å². The molecule has 3 rings (SSSR count). The Morgan fingerprint density at radius 1 is 1.00 bits per heavy atom. The summed E-state index contributed by atoms with van der Waals surface area (Å²) in [5.41, 5.74) is 2.32. The number of aromatic nitrogens is 3. The average molecular weight is 277 g/mol. The summed E-state index contributed by atoms with van der Waals surface area (Å²) in [7, 11) is 0. The van der Waals surface area contributed by atoms with Gasteiger partial charge in [-0.1, -0.05) is 60.7 Å². The fourth-order valence-electron chi connectivity index (χ4n) is 2.28. The highest BCUT2D eigenvalue weighted by atomic mass is 16.1. The number of benzene rings is 2. The van der Waals surface area contributed by atoms with Gasteiger partial charge in [0, 0.05) is 5.92 Å². The summed E-state index contributed by atoms with van der Waals surface area (Å²) in [5.74, 6) is -0.220. The summed E-state index contributed by atoms with van der Waals surface area (Å²) in [4.78, 5) is 12.7. The van der Waals surface area contributed by atoms with Crippen LogP contribution in [0.15, 0.2) is 66.9 Å². The van der Waals surface area contributed by atoms with Crippen LogP contribution >= 0.6 is 0 Å². The fourth-order valence-corrected chi connectivity index (χ4v) is 2.28. The van der Waals surface area contributed by atoms with E-state index in [2.05, 4.69) is 10.3 Å². The molecule has 1 atom stereocenters. The predicted octanol–water partition coefficient (Wildman–Crippen LogP) is 3.25. The summed E-state index contributed by atoms with van der Waals surface area (Å²) in [6.07, 6.45) is 1.52. The maximum atomic E-state index is 12.7. The van der Waals surface area contributed by atoms with Crippen LogP contribution in [0.5, 0.6) is 0 Å². The lowest BCUT2D eigenvalue weighted by atomic mass is 9.95. The molecule has 0 aliphatic carbocycles. The van der Waals surface area contributed by atoms with Gasteiger partial charge in [0.05, 0.1) is 11.9 Å². The highest BCUT2D eigenvalue weighted by Gasteiger charge is 2.21. The predicted molar refractivity (Wildman–Crippen MR) is 80.5 cm³/mol. The van der Waals surface area contributed by atoms with Crippen molar-refractivity contribution in [2.24, 2.45) is 0 Å². The first-order valence-electron chi connectivity index (χ1n) is 6.82. The maximum absolute atomic E-state index is 12.7. The van der Waals surface area contributed by atoms with E-state index in [1.165, 1.54) is 6.20 Å². The van der Waals surface area contributed by atoms with Crippen molar-refractivity contribution in [1.29, 1.82) is 0 Å². The Morgan fingerprint density at radius 2 is 1.62 bits per heavy atom. The van der Waals surface area contributed by atoms with Gasteiger partial charge in [0.25, 0.3) is 0 Å². The molecule has 0 saturated carbocycles. The first-order valence-corrected chi connectivity index (χ1v) is 6.82. The SMILES string of the molecule is CC(C(=O)c1cnnn1-c1ccccc1)c1ccccc1. The van der Waals surface area contributed by atoms with E-state index >= 15 is 0 Å². The fraction of sp³-hybridized carbons (Fsp3) is 0.118. The van der Waals surface area contributed by atoms with E-state index < -0.39 is 0 Å². The second-order valence-electron chi connectivity index (χ2n) is 4.86. The number of carbonyl (C=O) groups excluding carboxylic acids is 1. The van der Waals surface area contributed by atoms with Gasteiger partial charge < -0.3 is 0 Å². The lowest BCUT2D eigenvalue weighted by Gasteiger charge is -2.11. The molecule has 21 heavy (non-hydrogen) atoms. The third kappa shape index (κ3) is 2.60. The van der Waals surface area contributed by atoms with E-state index in [1.807, 2.05) is 67.6 Å². The van der Waals surface area contributed by atoms with Crippen LogP contribution in [0.1, 0.15) is 28.9 Å². The number of hydrogen-bond acceptors (Lipinski definition) is 3. The third-order valence-corrected chi connectivity index (χ3v) is 3.50. The molecule has 0 bridgehead atoms. The van der Waals surface area contributed by atoms with Gasteiger partial charge >= 0.3 is 0 Å². The summed E-state index contributed by atoms with van der Waals surface area (Å²) >= 11 is 0. The van der Waals surface area contributed by atoms with E-state index in [1.54, 1.807) is 4.68 Å². The van der Waals surface area contributed by atoms with Gasteiger partial charge in [-0.05, 0) is 17.7 Å². The highest BCUT2D eigenvalue weighted by Crippen LogP contribution is 2.21. The molecule has 1 aromatic heterocycles. The zero-order valence-electron chi connectivity index (χ0n) is 11.7. The molecule has 3 aromatic rings. The quantitative estimate of drug-likeness (QED) is 0.688. The Balaban J connectivity index is 1.95. The van der Waals surface area contributed by atoms with Crippen LogP contribution in [0, 0.1) is 0 Å². The summed E-state index contributed by atoms with van der Waals surface area (Å²) in [6, 6.07) is 19.3. The van der Waals surface area contributed by atoms with Crippen LogP contribution in [0.3, 0.4) is 0 Å². The van der Waals surface area contributed by atoms with Crippen molar-refractivity contribution < 1.29 is 4.79 Å². The first kappa shape index (κ1) is 13.2. The molecule has 2 aromatic carbocycles. The first-order chi connectivity index (χ1) is 10.3. The molecule has 0 aliphatic heterocycles. The monoisotopic (exact) mass is 277 g/mol. The number of rotatable bonds is 4. The number of carbonyl (C=O) groups is 1. The third-order valence-electron chi connectivity index (χ3n) is 3.50. The maximum Gasteiger partial charge on any atom is 0.190 e. The van der Waals surface area contributed by atoms with Gasteiger partial charge in [0.1, 0.15) is 5.69 Å². The molecule has 0 fully saturated rings. The molecular weight excluding hydrogens is 262 g/mol. The molecule has 4 heteroatoms. The zero-order valence-corrected chi connectivity index (χ0v) is 11.7. The van der Waals surface area contributed by atoms with Crippen LogP contribution in [-0.4, -0.2) is 20.8 Å². The smallest absolute Gasteiger partial charge is 0.190 e. The minimum atomic E-state index is -0.229. The van der Waals surface area contributed by atoms with Crippen molar-refractivity contribution in [3.05, 3.63) is 78.1 Å². The van der Waals surface area contributed by atoms with Crippen molar-refractivity contribution in [3.8, 4) is 5.69 Å². The molecule has 1 heterocycles. The van der Waals surface area contributed by atoms with E-state index in [4.69, 9.17) is 0 Å². The summed E-state index contributed by atoms with van der Waals surface area (Å²) < 4.78 is 1.59. The summed E-state index contributed by atoms with van der Waals surface area (Å²) in [6.45, 7) is 1.90. The van der Waals surface area contributed by atoms with Crippen LogP contribution in [0.2, 0.25) is 0 Å². The Morgan fingerprint density at radius 3 is 2.29 bits per heavy atom. The average Bonchev–Trinajstić information content (AvgIpc) is 3.04. The lowest BCUT2D eigenvalue weighted by Crippen LogP contribution is -2.15. The van der Waals surface area contributed by atoms with Crippen molar-refractivity contribution in [1.82, 2.24) is 15.0 Å². The van der Waals surface area contributed by atoms with Gasteiger partial charge in [0.2, 0.25) is 0 Å². The number of para-hydroxylation sites is 1. The Kier molecular flexibility index (Phi) is 3.60. The zero-order chi connectivity index (χ0) is 14.7. The highest BCUT2D eigenvalue weighted by molar-refractivity contribution is 5.99. The molecule has 0 saturated heterocycles. The minimum absolute atomic E-state index is 0.00931. The van der Waals surface area contributed by atoms with Crippen molar-refractivity contribution >= 4 is 5.78 Å². The van der Waals surface area contributed by atoms with E-state index in [0.717, 1.165) is 11.3 Å². The van der Waals surface area contributed by atoms with E-state index in [9.17, 15) is 4.79 Å². The van der Waals surface area contributed by atoms with Crippen molar-refractivity contribution in [2.75, 3.05) is 0 Å². The Labute approximate surface area is 123 Å². The van der Waals surface area contributed by atoms with Crippen molar-refractivity contribution in [3.63, 3.8) is 0 Å². The van der Waals surface area contributed by atoms with Gasteiger partial charge in [0.15, 0.2) is 5.78 Å². The molecule has 0 N–H and O–H groups in total. The Bertz CT molecular complexity index is 735. The standard InChI is InChI=1S/C17H15N3O/c1-13(14-8-4-2-5-9-14)17(21)16-12-18-19-20(16)15-10-6-3-7-11-15/h2-13H,1H3. The second kappa shape index (κ2) is 5.71. The minimum Gasteiger partial charge on any atom is -0.292 e. The number of ketones is 1. The lowest BCUT2D eigenvalue weighted by molar-refractivity contribution is 0.0958. The number of nitrogens with zero attached hydrogens (tertiary/aromatic N) is 3. The van der Waals surface area contributed by atoms with Gasteiger partial charge in [-0.15, -0.1) is 5.10 Å². The van der Waals surface area contributed by atoms with Gasteiger partial charge in [-0.3, -0.25) is 4.79 Å². The van der Waals surface area contributed by atoms with Gasteiger partial charge in [-0.25, -0.2) is 4.68 Å². The molecule has 104 valence electrons. The van der Waals surface area contributed by atoms with E-state index in [0.29, 0.717) is 5.69 Å². The van der Waals surface area contributed by atoms with Crippen molar-refractivity contribution in [2.45, 2.75) is 12.8 Å². The largest absolute Gasteiger partial charge is 0.292 e. The molecular formula is C17H15N3O. The molecule has 0 radical (unpaired) electrons. The Hall–Kier alpha value is -2.75. The topological polar surface area (TPSA) is 47.8 Å². The molecule has 1 unspecified atom stereocenters. The van der Waals surface area contributed by atoms with Crippen LogP contribution in [0.4, 0.5) is 0 Å². The van der Waals surface area contributed by atoms with E-state index in [-0.39, 0.29) is 11.7 Å². The van der Waals surface area contributed by atoms with Gasteiger partial charge in [-0.2, -0.15) is 0 Å². The normalized spacial score (nSPS) is 12.0.